The van der Waals surface area contributed by atoms with Crippen LogP contribution >= 0.6 is 0 Å². The van der Waals surface area contributed by atoms with Crippen molar-refractivity contribution >= 4 is 26.5 Å². The zero-order chi connectivity index (χ0) is 28.6. The number of para-hydroxylation sites is 1. The molecule has 0 spiro atoms. The van der Waals surface area contributed by atoms with E-state index in [1.54, 1.807) is 12.3 Å². The molecule has 1 N–H and O–H groups in total. The van der Waals surface area contributed by atoms with Crippen LogP contribution in [0.4, 0.5) is 4.39 Å². The summed E-state index contributed by atoms with van der Waals surface area (Å²) in [6.45, 7) is 7.60. The predicted molar refractivity (Wildman–Crippen MR) is 154 cm³/mol. The molecule has 0 radical (unpaired) electrons. The van der Waals surface area contributed by atoms with Crippen LogP contribution in [0.2, 0.25) is 0 Å². The van der Waals surface area contributed by atoms with E-state index in [1.165, 1.54) is 12.1 Å². The summed E-state index contributed by atoms with van der Waals surface area (Å²) >= 11 is 0. The van der Waals surface area contributed by atoms with Crippen molar-refractivity contribution in [2.75, 3.05) is 39.5 Å². The van der Waals surface area contributed by atoms with Crippen LogP contribution in [-0.4, -0.2) is 84.5 Å². The van der Waals surface area contributed by atoms with Crippen molar-refractivity contribution in [1.82, 2.24) is 24.8 Å². The summed E-state index contributed by atoms with van der Waals surface area (Å²) < 4.78 is 38.9. The van der Waals surface area contributed by atoms with Crippen LogP contribution in [0.15, 0.2) is 53.7 Å². The highest BCUT2D eigenvalue weighted by molar-refractivity contribution is 7.90. The maximum atomic E-state index is 15.0. The lowest BCUT2D eigenvalue weighted by Gasteiger charge is -2.35. The van der Waals surface area contributed by atoms with E-state index in [2.05, 4.69) is 26.8 Å². The summed E-state index contributed by atoms with van der Waals surface area (Å²) in [6.07, 6.45) is 4.94. The fourth-order valence-electron chi connectivity index (χ4n) is 5.29. The van der Waals surface area contributed by atoms with Gasteiger partial charge in [-0.3, -0.25) is 9.69 Å². The topological polar surface area (TPSA) is 99.3 Å². The maximum absolute atomic E-state index is 15.0. The molecule has 1 aliphatic rings. The van der Waals surface area contributed by atoms with Crippen LogP contribution in [-0.2, 0) is 27.5 Å². The van der Waals surface area contributed by atoms with Gasteiger partial charge in [0.05, 0.1) is 11.7 Å². The molecule has 8 nitrogen and oxygen atoms in total. The number of nitrogens with zero attached hydrogens (tertiary/aromatic N) is 4. The van der Waals surface area contributed by atoms with Gasteiger partial charge < -0.3 is 9.88 Å². The molecule has 2 aromatic carbocycles. The Labute approximate surface area is 234 Å². The number of hydrogen-bond acceptors (Lipinski definition) is 7. The summed E-state index contributed by atoms with van der Waals surface area (Å²) in [6, 6.07) is 10.1. The third kappa shape index (κ3) is 5.70. The highest BCUT2D eigenvalue weighted by Crippen LogP contribution is 2.32. The quantitative estimate of drug-likeness (QED) is 0.348. The Bertz CT molecular complexity index is 1680. The van der Waals surface area contributed by atoms with Crippen LogP contribution in [0.1, 0.15) is 29.4 Å². The number of sulfone groups is 1. The van der Waals surface area contributed by atoms with E-state index in [1.807, 2.05) is 38.2 Å². The minimum Gasteiger partial charge on any atom is -0.360 e. The third-order valence-electron chi connectivity index (χ3n) is 7.79. The molecule has 40 heavy (non-hydrogen) atoms. The first-order valence-electron chi connectivity index (χ1n) is 13.4. The lowest BCUT2D eigenvalue weighted by molar-refractivity contribution is -0.123. The SMILES string of the molecule is Cc1cnc(Cc2cccc(S(C)(=O)=O)c2F)nc1-c1c[nH]c2c(CC(=O)[C@H](C)N3CCN(C)CC3)cccc12. The number of aromatic amines is 1. The number of aromatic nitrogens is 3. The Balaban J connectivity index is 1.42. The minimum atomic E-state index is -3.70. The summed E-state index contributed by atoms with van der Waals surface area (Å²) in [4.78, 5) is 29.9. The van der Waals surface area contributed by atoms with E-state index in [-0.39, 0.29) is 28.7 Å². The van der Waals surface area contributed by atoms with Gasteiger partial charge in [-0.1, -0.05) is 30.3 Å². The van der Waals surface area contributed by atoms with Crippen molar-refractivity contribution in [1.29, 1.82) is 0 Å². The molecule has 0 saturated carbocycles. The van der Waals surface area contributed by atoms with Crippen LogP contribution in [0, 0.1) is 12.7 Å². The zero-order valence-corrected chi connectivity index (χ0v) is 24.1. The number of benzene rings is 2. The zero-order valence-electron chi connectivity index (χ0n) is 23.2. The van der Waals surface area contributed by atoms with Gasteiger partial charge >= 0.3 is 0 Å². The smallest absolute Gasteiger partial charge is 0.178 e. The Morgan fingerprint density at radius 1 is 1.10 bits per heavy atom. The summed E-state index contributed by atoms with van der Waals surface area (Å²) in [5.41, 5.74) is 4.45. The second-order valence-corrected chi connectivity index (χ2v) is 12.7. The first kappa shape index (κ1) is 28.1. The number of aryl methyl sites for hydroxylation is 1. The number of nitrogens with one attached hydrogen (secondary N) is 1. The monoisotopic (exact) mass is 563 g/mol. The Morgan fingerprint density at radius 3 is 2.52 bits per heavy atom. The molecule has 210 valence electrons. The average Bonchev–Trinajstić information content (AvgIpc) is 3.35. The lowest BCUT2D eigenvalue weighted by atomic mass is 9.99. The van der Waals surface area contributed by atoms with Crippen LogP contribution in [0.25, 0.3) is 22.2 Å². The van der Waals surface area contributed by atoms with Gasteiger partial charge in [0.15, 0.2) is 15.6 Å². The summed E-state index contributed by atoms with van der Waals surface area (Å²) in [5, 5.41) is 0.940. The van der Waals surface area contributed by atoms with E-state index in [0.29, 0.717) is 17.9 Å². The number of hydrogen-bond donors (Lipinski definition) is 1. The highest BCUT2D eigenvalue weighted by Gasteiger charge is 2.25. The van der Waals surface area contributed by atoms with Crippen molar-refractivity contribution in [3.05, 3.63) is 77.1 Å². The fraction of sp³-hybridized carbons (Fsp3) is 0.367. The van der Waals surface area contributed by atoms with Crippen LogP contribution in [0.3, 0.4) is 0 Å². The molecule has 3 heterocycles. The van der Waals surface area contributed by atoms with Crippen molar-refractivity contribution < 1.29 is 17.6 Å². The van der Waals surface area contributed by atoms with Crippen LogP contribution < -0.4 is 0 Å². The van der Waals surface area contributed by atoms with Crippen molar-refractivity contribution in [2.24, 2.45) is 0 Å². The van der Waals surface area contributed by atoms with Gasteiger partial charge in [-0.2, -0.15) is 0 Å². The van der Waals surface area contributed by atoms with E-state index in [4.69, 9.17) is 4.98 Å². The molecule has 2 aromatic heterocycles. The van der Waals surface area contributed by atoms with Crippen LogP contribution in [0.5, 0.6) is 0 Å². The molecular formula is C30H34FN5O3S. The molecule has 1 saturated heterocycles. The number of piperazine rings is 1. The molecule has 1 aliphatic heterocycles. The first-order chi connectivity index (χ1) is 19.0. The molecule has 1 fully saturated rings. The normalized spacial score (nSPS) is 15.9. The number of rotatable bonds is 8. The van der Waals surface area contributed by atoms with Gasteiger partial charge in [-0.25, -0.2) is 22.8 Å². The average molecular weight is 564 g/mol. The second kappa shape index (κ2) is 11.2. The number of H-pyrrole nitrogens is 1. The van der Waals surface area contributed by atoms with E-state index >= 15 is 0 Å². The lowest BCUT2D eigenvalue weighted by Crippen LogP contribution is -2.50. The fourth-order valence-corrected chi connectivity index (χ4v) is 6.08. The number of carbonyl (C=O) groups excluding carboxylic acids is 1. The van der Waals surface area contributed by atoms with Gasteiger partial charge in [-0.15, -0.1) is 0 Å². The number of likely N-dealkylation sites (N-methyl/N-ethyl adjacent to an activating group) is 1. The molecule has 10 heteroatoms. The number of carbonyl (C=O) groups is 1. The summed E-state index contributed by atoms with van der Waals surface area (Å²) in [5.74, 6) is -0.207. The predicted octanol–water partition coefficient (Wildman–Crippen LogP) is 3.81. The number of halogens is 1. The molecule has 0 unspecified atom stereocenters. The van der Waals surface area contributed by atoms with Gasteiger partial charge in [0.25, 0.3) is 0 Å². The van der Waals surface area contributed by atoms with Crippen molar-refractivity contribution in [3.63, 3.8) is 0 Å². The number of fused-ring (bicyclic) bond motifs is 1. The number of ketones is 1. The minimum absolute atomic E-state index is 0.0504. The number of Topliss-reactive ketones (excluding diaryl/α,β-unsaturated/α-hetero) is 1. The molecular weight excluding hydrogens is 529 g/mol. The van der Waals surface area contributed by atoms with Gasteiger partial charge in [0.1, 0.15) is 16.5 Å². The Morgan fingerprint density at radius 2 is 1.80 bits per heavy atom. The van der Waals surface area contributed by atoms with E-state index in [0.717, 1.165) is 60.0 Å². The standard InChI is InChI=1S/C30H34FN5O3S/c1-19-17-32-27(16-21-7-6-10-26(28(21)31)40(4,38)39)34-29(19)24-18-33-30-22(8-5-9-23(24)30)15-25(37)20(2)36-13-11-35(3)12-14-36/h5-10,17-18,20,33H,11-16H2,1-4H3/t20-/m0/s1. The Hall–Kier alpha value is -3.47. The largest absolute Gasteiger partial charge is 0.360 e. The molecule has 0 amide bonds. The molecule has 0 aliphatic carbocycles. The van der Waals surface area contributed by atoms with E-state index < -0.39 is 15.7 Å². The highest BCUT2D eigenvalue weighted by atomic mass is 32.2. The third-order valence-corrected chi connectivity index (χ3v) is 8.90. The molecule has 0 bridgehead atoms. The van der Waals surface area contributed by atoms with E-state index in [9.17, 15) is 17.6 Å². The van der Waals surface area contributed by atoms with Gasteiger partial charge in [0.2, 0.25) is 0 Å². The molecule has 5 rings (SSSR count). The van der Waals surface area contributed by atoms with Gasteiger partial charge in [0, 0.05) is 74.1 Å². The first-order valence-corrected chi connectivity index (χ1v) is 15.3. The second-order valence-electron chi connectivity index (χ2n) is 10.7. The van der Waals surface area contributed by atoms with Crippen molar-refractivity contribution in [2.45, 2.75) is 37.6 Å². The Kier molecular flexibility index (Phi) is 7.85. The van der Waals surface area contributed by atoms with Crippen molar-refractivity contribution in [3.8, 4) is 11.3 Å². The summed E-state index contributed by atoms with van der Waals surface area (Å²) in [7, 11) is -1.60. The molecule has 1 atom stereocenters. The molecule has 4 aromatic rings. The maximum Gasteiger partial charge on any atom is 0.178 e. The van der Waals surface area contributed by atoms with Gasteiger partial charge in [-0.05, 0) is 43.7 Å².